The lowest BCUT2D eigenvalue weighted by Crippen LogP contribution is -2.11. The largest absolute Gasteiger partial charge is 0.310 e. The molecule has 0 aliphatic carbocycles. The third-order valence-electron chi connectivity index (χ3n) is 15.4. The molecule has 0 atom stereocenters. The molecular weight excluding hydrogens is 907 g/mol. The SMILES string of the molecule is c1ccc(N(c2ccc3ccccc3c2)c2ccccc2-c2cc(-c3ccc4c5cc6ccccc6cc5n(-c5ccccc5)c4c3)cc(-c3ccc4c5cc6ccccc6cc5n(-c5ccccc5)c4c3)c2)cc1. The molecule has 2 heterocycles. The number of fused-ring (bicyclic) bond motifs is 9. The van der Waals surface area contributed by atoms with Gasteiger partial charge in [-0.3, -0.25) is 0 Å². The number of anilines is 3. The van der Waals surface area contributed by atoms with Crippen LogP contribution in [-0.4, -0.2) is 9.13 Å². The predicted octanol–water partition coefficient (Wildman–Crippen LogP) is 19.8. The Bertz CT molecular complexity index is 4490. The van der Waals surface area contributed by atoms with Gasteiger partial charge in [0.25, 0.3) is 0 Å². The van der Waals surface area contributed by atoms with Crippen molar-refractivity contribution in [2.45, 2.75) is 0 Å². The zero-order valence-electron chi connectivity index (χ0n) is 41.0. The molecule has 15 rings (SSSR count). The molecule has 0 N–H and O–H groups in total. The highest BCUT2D eigenvalue weighted by Gasteiger charge is 2.21. The number of nitrogens with zero attached hydrogens (tertiary/aromatic N) is 3. The van der Waals surface area contributed by atoms with E-state index in [-0.39, 0.29) is 0 Å². The van der Waals surface area contributed by atoms with E-state index in [4.69, 9.17) is 0 Å². The standard InChI is InChI=1S/C72H47N3/c1-4-24-59(25-5-1)73(62-35-32-48-18-10-11-19-49(48)41-62)68-31-17-16-30-63(68)58-39-56(54-33-36-64-66-42-50-20-12-14-22-52(50)44-71(66)74(69(64)46-54)60-26-6-2-7-27-60)38-57(40-58)55-34-37-65-67-43-51-21-13-15-23-53(51)45-72(67)75(70(65)47-55)61-28-8-3-9-29-61/h1-47H. The average Bonchev–Trinajstić information content (AvgIpc) is 4.02. The summed E-state index contributed by atoms with van der Waals surface area (Å²) in [5.74, 6) is 0. The van der Waals surface area contributed by atoms with Gasteiger partial charge in [-0.25, -0.2) is 0 Å². The van der Waals surface area contributed by atoms with Gasteiger partial charge >= 0.3 is 0 Å². The normalized spacial score (nSPS) is 11.7. The Morgan fingerprint density at radius 1 is 0.227 bits per heavy atom. The van der Waals surface area contributed by atoms with Crippen LogP contribution >= 0.6 is 0 Å². The fourth-order valence-electron chi connectivity index (χ4n) is 11.8. The molecule has 15 aromatic rings. The van der Waals surface area contributed by atoms with Crippen molar-refractivity contribution in [3.05, 3.63) is 285 Å². The maximum atomic E-state index is 2.45. The van der Waals surface area contributed by atoms with Crippen LogP contribution in [0, 0.1) is 0 Å². The number of aromatic nitrogens is 2. The van der Waals surface area contributed by atoms with Gasteiger partial charge in [0.2, 0.25) is 0 Å². The Morgan fingerprint density at radius 2 is 0.640 bits per heavy atom. The van der Waals surface area contributed by atoms with E-state index in [1.54, 1.807) is 0 Å². The molecule has 0 amide bonds. The van der Waals surface area contributed by atoms with E-state index in [2.05, 4.69) is 299 Å². The van der Waals surface area contributed by atoms with Crippen LogP contribution in [0.5, 0.6) is 0 Å². The lowest BCUT2D eigenvalue weighted by atomic mass is 9.91. The van der Waals surface area contributed by atoms with Crippen LogP contribution in [0.25, 0.3) is 121 Å². The van der Waals surface area contributed by atoms with Crippen LogP contribution in [0.15, 0.2) is 285 Å². The van der Waals surface area contributed by atoms with Gasteiger partial charge in [-0.2, -0.15) is 0 Å². The molecule has 0 bridgehead atoms. The number of rotatable bonds is 8. The predicted molar refractivity (Wildman–Crippen MR) is 319 cm³/mol. The summed E-state index contributed by atoms with van der Waals surface area (Å²) in [5, 5.41) is 12.3. The second kappa shape index (κ2) is 17.4. The molecule has 13 aromatic carbocycles. The summed E-state index contributed by atoms with van der Waals surface area (Å²) >= 11 is 0. The Morgan fingerprint density at radius 3 is 1.17 bits per heavy atom. The molecule has 350 valence electrons. The molecule has 0 saturated heterocycles. The van der Waals surface area contributed by atoms with Gasteiger partial charge in [-0.05, 0) is 169 Å². The molecule has 0 fully saturated rings. The van der Waals surface area contributed by atoms with Crippen LogP contribution in [0.4, 0.5) is 17.1 Å². The molecule has 0 saturated carbocycles. The van der Waals surface area contributed by atoms with Crippen molar-refractivity contribution in [2.75, 3.05) is 4.90 Å². The van der Waals surface area contributed by atoms with Gasteiger partial charge < -0.3 is 14.0 Å². The summed E-state index contributed by atoms with van der Waals surface area (Å²) in [6.45, 7) is 0. The van der Waals surface area contributed by atoms with Gasteiger partial charge in [0.1, 0.15) is 0 Å². The van der Waals surface area contributed by atoms with Crippen molar-refractivity contribution >= 4 is 93.0 Å². The lowest BCUT2D eigenvalue weighted by Gasteiger charge is -2.28. The van der Waals surface area contributed by atoms with E-state index < -0.39 is 0 Å². The monoisotopic (exact) mass is 953 g/mol. The fourth-order valence-corrected chi connectivity index (χ4v) is 11.8. The number of benzene rings is 13. The highest BCUT2D eigenvalue weighted by molar-refractivity contribution is 6.16. The molecule has 3 nitrogen and oxygen atoms in total. The summed E-state index contributed by atoms with van der Waals surface area (Å²) in [4.78, 5) is 2.41. The number of hydrogen-bond acceptors (Lipinski definition) is 1. The lowest BCUT2D eigenvalue weighted by molar-refractivity contribution is 1.18. The smallest absolute Gasteiger partial charge is 0.0547 e. The van der Waals surface area contributed by atoms with Crippen LogP contribution in [-0.2, 0) is 0 Å². The first-order valence-corrected chi connectivity index (χ1v) is 25.8. The Kier molecular flexibility index (Phi) is 9.89. The Hall–Kier alpha value is -9.96. The molecule has 0 radical (unpaired) electrons. The Balaban J connectivity index is 0.989. The average molecular weight is 954 g/mol. The van der Waals surface area contributed by atoms with Crippen molar-refractivity contribution in [3.63, 3.8) is 0 Å². The summed E-state index contributed by atoms with van der Waals surface area (Å²) in [7, 11) is 0. The van der Waals surface area contributed by atoms with E-state index in [0.717, 1.165) is 61.8 Å². The van der Waals surface area contributed by atoms with Crippen molar-refractivity contribution in [1.29, 1.82) is 0 Å². The third-order valence-corrected chi connectivity index (χ3v) is 15.4. The summed E-state index contributed by atoms with van der Waals surface area (Å²) in [6, 6.07) is 105. The number of hydrogen-bond donors (Lipinski definition) is 0. The zero-order valence-corrected chi connectivity index (χ0v) is 41.0. The van der Waals surface area contributed by atoms with Crippen LogP contribution in [0.1, 0.15) is 0 Å². The second-order valence-corrected chi connectivity index (χ2v) is 19.8. The van der Waals surface area contributed by atoms with Crippen LogP contribution < -0.4 is 4.90 Å². The molecule has 75 heavy (non-hydrogen) atoms. The minimum absolute atomic E-state index is 1.09. The minimum atomic E-state index is 1.09. The van der Waals surface area contributed by atoms with Crippen molar-refractivity contribution in [3.8, 4) is 44.8 Å². The van der Waals surface area contributed by atoms with Crippen LogP contribution in [0.2, 0.25) is 0 Å². The van der Waals surface area contributed by atoms with Crippen molar-refractivity contribution in [2.24, 2.45) is 0 Å². The van der Waals surface area contributed by atoms with Gasteiger partial charge in [0.05, 0.1) is 27.8 Å². The second-order valence-electron chi connectivity index (χ2n) is 19.8. The number of para-hydroxylation sites is 4. The Labute approximate surface area is 434 Å². The molecule has 0 aliphatic rings. The zero-order chi connectivity index (χ0) is 49.4. The first-order valence-electron chi connectivity index (χ1n) is 25.8. The van der Waals surface area contributed by atoms with Crippen molar-refractivity contribution in [1.82, 2.24) is 9.13 Å². The molecule has 2 aromatic heterocycles. The van der Waals surface area contributed by atoms with Gasteiger partial charge in [-0.1, -0.05) is 176 Å². The molecule has 0 spiro atoms. The van der Waals surface area contributed by atoms with E-state index in [0.29, 0.717) is 0 Å². The third kappa shape index (κ3) is 7.20. The molecular formula is C72H47N3. The van der Waals surface area contributed by atoms with E-state index in [1.807, 2.05) is 0 Å². The van der Waals surface area contributed by atoms with Crippen molar-refractivity contribution < 1.29 is 0 Å². The quantitative estimate of drug-likeness (QED) is 0.148. The highest BCUT2D eigenvalue weighted by atomic mass is 15.1. The maximum Gasteiger partial charge on any atom is 0.0547 e. The molecule has 3 heteroatoms. The summed E-state index contributed by atoms with van der Waals surface area (Å²) in [5.41, 5.74) is 17.1. The molecule has 0 unspecified atom stereocenters. The first-order chi connectivity index (χ1) is 37.2. The van der Waals surface area contributed by atoms with E-state index >= 15 is 0 Å². The van der Waals surface area contributed by atoms with Gasteiger partial charge in [-0.15, -0.1) is 0 Å². The van der Waals surface area contributed by atoms with Crippen LogP contribution in [0.3, 0.4) is 0 Å². The van der Waals surface area contributed by atoms with Gasteiger partial charge in [0.15, 0.2) is 0 Å². The summed E-state index contributed by atoms with van der Waals surface area (Å²) < 4.78 is 4.89. The first kappa shape index (κ1) is 42.7. The van der Waals surface area contributed by atoms with Gasteiger partial charge in [0, 0.05) is 49.9 Å². The molecule has 0 aliphatic heterocycles. The summed E-state index contributed by atoms with van der Waals surface area (Å²) in [6.07, 6.45) is 0. The highest BCUT2D eigenvalue weighted by Crippen LogP contribution is 2.45. The minimum Gasteiger partial charge on any atom is -0.310 e. The fraction of sp³-hybridized carbons (Fsp3) is 0. The topological polar surface area (TPSA) is 13.1 Å². The van der Waals surface area contributed by atoms with E-state index in [1.165, 1.54) is 75.9 Å². The maximum absolute atomic E-state index is 2.45. The van der Waals surface area contributed by atoms with E-state index in [9.17, 15) is 0 Å².